The smallest absolute Gasteiger partial charge is 0.387 e. The summed E-state index contributed by atoms with van der Waals surface area (Å²) in [6.07, 6.45) is 0.0858. The van der Waals surface area contributed by atoms with Crippen LogP contribution in [0.2, 0.25) is 0 Å². The summed E-state index contributed by atoms with van der Waals surface area (Å²) in [6.45, 7) is 0.735. The lowest BCUT2D eigenvalue weighted by Gasteiger charge is -2.16. The number of hydrogen-bond donors (Lipinski definition) is 2. The van der Waals surface area contributed by atoms with Gasteiger partial charge in [-0.25, -0.2) is 0 Å². The summed E-state index contributed by atoms with van der Waals surface area (Å²) >= 11 is 0. The molecule has 140 valence electrons. The highest BCUT2D eigenvalue weighted by Gasteiger charge is 2.12. The van der Waals surface area contributed by atoms with Crippen molar-refractivity contribution in [2.45, 2.75) is 39.5 Å². The third-order valence-electron chi connectivity index (χ3n) is 3.87. The van der Waals surface area contributed by atoms with Crippen LogP contribution in [-0.4, -0.2) is 22.2 Å². The summed E-state index contributed by atoms with van der Waals surface area (Å²) in [6, 6.07) is 8.21. The van der Waals surface area contributed by atoms with Gasteiger partial charge in [-0.05, 0) is 37.6 Å². The van der Waals surface area contributed by atoms with Crippen molar-refractivity contribution in [3.8, 4) is 11.5 Å². The number of halogens is 2. The van der Waals surface area contributed by atoms with Crippen LogP contribution in [0.25, 0.3) is 0 Å². The van der Waals surface area contributed by atoms with Crippen molar-refractivity contribution in [1.82, 2.24) is 9.88 Å². The van der Waals surface area contributed by atoms with Gasteiger partial charge in [0.05, 0.1) is 6.04 Å². The number of rotatable bonds is 7. The third kappa shape index (κ3) is 5.30. The molecule has 0 spiro atoms. The Balaban J connectivity index is 1.92. The zero-order valence-corrected chi connectivity index (χ0v) is 14.4. The lowest BCUT2D eigenvalue weighted by atomic mass is 10.1. The Bertz CT molecular complexity index is 819. The van der Waals surface area contributed by atoms with E-state index in [2.05, 4.69) is 10.1 Å². The van der Waals surface area contributed by atoms with Crippen LogP contribution in [0, 0.1) is 6.92 Å². The molecular formula is C18H20F2N2O4. The summed E-state index contributed by atoms with van der Waals surface area (Å²) in [4.78, 5) is 23.9. The van der Waals surface area contributed by atoms with Gasteiger partial charge in [-0.1, -0.05) is 12.1 Å². The van der Waals surface area contributed by atoms with E-state index in [4.69, 9.17) is 0 Å². The van der Waals surface area contributed by atoms with Crippen LogP contribution in [0.1, 0.15) is 30.6 Å². The first-order valence-electron chi connectivity index (χ1n) is 8.01. The van der Waals surface area contributed by atoms with Gasteiger partial charge in [0.15, 0.2) is 0 Å². The number of carbonyl (C=O) groups is 1. The van der Waals surface area contributed by atoms with Gasteiger partial charge in [-0.3, -0.25) is 9.59 Å². The number of amides is 1. The summed E-state index contributed by atoms with van der Waals surface area (Å²) in [5.74, 6) is -0.324. The first-order chi connectivity index (χ1) is 12.3. The van der Waals surface area contributed by atoms with Gasteiger partial charge < -0.3 is 19.7 Å². The van der Waals surface area contributed by atoms with Crippen LogP contribution in [0.15, 0.2) is 41.2 Å². The van der Waals surface area contributed by atoms with E-state index in [0.717, 1.165) is 11.6 Å². The summed E-state index contributed by atoms with van der Waals surface area (Å²) in [5, 5.41) is 12.1. The second-order valence-electron chi connectivity index (χ2n) is 5.83. The Morgan fingerprint density at radius 3 is 2.50 bits per heavy atom. The number of ether oxygens (including phenoxy) is 1. The molecule has 0 aliphatic carbocycles. The number of carbonyl (C=O) groups excluding carboxylic acids is 1. The van der Waals surface area contributed by atoms with Gasteiger partial charge >= 0.3 is 6.61 Å². The van der Waals surface area contributed by atoms with Crippen LogP contribution in [0.3, 0.4) is 0 Å². The largest absolute Gasteiger partial charge is 0.508 e. The number of hydrogen-bond acceptors (Lipinski definition) is 4. The number of nitrogens with one attached hydrogen (secondary N) is 1. The average Bonchev–Trinajstić information content (AvgIpc) is 2.53. The number of alkyl halides is 2. The molecule has 0 saturated heterocycles. The quantitative estimate of drug-likeness (QED) is 0.790. The SMILES string of the molecule is Cc1cc(O)cc(=O)n1CCC(=O)NC(C)c1ccc(OC(F)F)cc1. The van der Waals surface area contributed by atoms with Crippen LogP contribution in [0.4, 0.5) is 8.78 Å². The number of nitrogens with zero attached hydrogens (tertiary/aromatic N) is 1. The number of benzene rings is 1. The monoisotopic (exact) mass is 366 g/mol. The zero-order chi connectivity index (χ0) is 19.3. The first-order valence-corrected chi connectivity index (χ1v) is 8.01. The maximum absolute atomic E-state index is 12.1. The topological polar surface area (TPSA) is 80.6 Å². The molecule has 1 atom stereocenters. The van der Waals surface area contributed by atoms with Crippen molar-refractivity contribution in [3.63, 3.8) is 0 Å². The highest BCUT2D eigenvalue weighted by atomic mass is 19.3. The predicted octanol–water partition coefficient (Wildman–Crippen LogP) is 2.73. The Kier molecular flexibility index (Phi) is 6.32. The molecule has 0 saturated carbocycles. The molecule has 1 unspecified atom stereocenters. The van der Waals surface area contributed by atoms with Gasteiger partial charge in [-0.15, -0.1) is 0 Å². The highest BCUT2D eigenvalue weighted by Crippen LogP contribution is 2.19. The van der Waals surface area contributed by atoms with E-state index < -0.39 is 6.61 Å². The number of aromatic hydroxyl groups is 1. The lowest BCUT2D eigenvalue weighted by molar-refractivity contribution is -0.122. The Hall–Kier alpha value is -2.90. The van der Waals surface area contributed by atoms with E-state index in [9.17, 15) is 23.5 Å². The third-order valence-corrected chi connectivity index (χ3v) is 3.87. The molecule has 6 nitrogen and oxygen atoms in total. The first kappa shape index (κ1) is 19.4. The van der Waals surface area contributed by atoms with Crippen molar-refractivity contribution in [2.75, 3.05) is 0 Å². The molecule has 0 fully saturated rings. The Morgan fingerprint density at radius 2 is 1.92 bits per heavy atom. The molecule has 26 heavy (non-hydrogen) atoms. The van der Waals surface area contributed by atoms with E-state index >= 15 is 0 Å². The lowest BCUT2D eigenvalue weighted by Crippen LogP contribution is -2.29. The van der Waals surface area contributed by atoms with Crippen LogP contribution < -0.4 is 15.6 Å². The highest BCUT2D eigenvalue weighted by molar-refractivity contribution is 5.76. The number of aryl methyl sites for hydroxylation is 1. The van der Waals surface area contributed by atoms with Gasteiger partial charge in [0.25, 0.3) is 5.56 Å². The molecule has 0 radical (unpaired) electrons. The number of aromatic nitrogens is 1. The summed E-state index contributed by atoms with van der Waals surface area (Å²) in [7, 11) is 0. The minimum Gasteiger partial charge on any atom is -0.508 e. The summed E-state index contributed by atoms with van der Waals surface area (Å²) < 4.78 is 30.0. The average molecular weight is 366 g/mol. The minimum atomic E-state index is -2.88. The predicted molar refractivity (Wildman–Crippen MR) is 91.4 cm³/mol. The van der Waals surface area contributed by atoms with Crippen molar-refractivity contribution >= 4 is 5.91 Å². The van der Waals surface area contributed by atoms with Gasteiger partial charge in [0, 0.05) is 24.7 Å². The van der Waals surface area contributed by atoms with Crippen molar-refractivity contribution in [3.05, 3.63) is 58.0 Å². The maximum atomic E-state index is 12.1. The zero-order valence-electron chi connectivity index (χ0n) is 14.4. The second-order valence-corrected chi connectivity index (χ2v) is 5.83. The second kappa shape index (κ2) is 8.46. The van der Waals surface area contributed by atoms with E-state index in [0.29, 0.717) is 5.69 Å². The summed E-state index contributed by atoms with van der Waals surface area (Å²) in [5.41, 5.74) is 0.918. The standard InChI is InChI=1S/C18H20F2N2O4/c1-11-9-14(23)10-17(25)22(11)8-7-16(24)21-12(2)13-3-5-15(6-4-13)26-18(19)20/h3-6,9-10,12,18,23H,7-8H2,1-2H3,(H,21,24). The molecule has 0 aliphatic heterocycles. The van der Waals surface area contributed by atoms with E-state index in [1.807, 2.05) is 0 Å². The van der Waals surface area contributed by atoms with Gasteiger partial charge in [0.2, 0.25) is 5.91 Å². The minimum absolute atomic E-state index is 0.0458. The molecule has 8 heteroatoms. The Morgan fingerprint density at radius 1 is 1.27 bits per heavy atom. The fourth-order valence-corrected chi connectivity index (χ4v) is 2.55. The van der Waals surface area contributed by atoms with Gasteiger partial charge in [-0.2, -0.15) is 8.78 Å². The van der Waals surface area contributed by atoms with Gasteiger partial charge in [0.1, 0.15) is 11.5 Å². The van der Waals surface area contributed by atoms with Crippen molar-refractivity contribution in [2.24, 2.45) is 0 Å². The van der Waals surface area contributed by atoms with Crippen LogP contribution in [-0.2, 0) is 11.3 Å². The van der Waals surface area contributed by atoms with Crippen molar-refractivity contribution in [1.29, 1.82) is 0 Å². The molecular weight excluding hydrogens is 346 g/mol. The normalized spacial score (nSPS) is 12.0. The molecule has 0 aliphatic rings. The van der Waals surface area contributed by atoms with Crippen LogP contribution >= 0.6 is 0 Å². The molecule has 2 aromatic rings. The molecule has 1 aromatic carbocycles. The van der Waals surface area contributed by atoms with E-state index in [1.54, 1.807) is 26.0 Å². The Labute approximate surface area is 149 Å². The molecule has 1 heterocycles. The van der Waals surface area contributed by atoms with E-state index in [-0.39, 0.29) is 42.0 Å². The molecule has 1 amide bonds. The maximum Gasteiger partial charge on any atom is 0.387 e. The fourth-order valence-electron chi connectivity index (χ4n) is 2.55. The number of pyridine rings is 1. The van der Waals surface area contributed by atoms with Crippen LogP contribution in [0.5, 0.6) is 11.5 Å². The fraction of sp³-hybridized carbons (Fsp3) is 0.333. The van der Waals surface area contributed by atoms with Crippen molar-refractivity contribution < 1.29 is 23.4 Å². The molecule has 2 N–H and O–H groups in total. The van der Waals surface area contributed by atoms with E-state index in [1.165, 1.54) is 22.8 Å². The molecule has 0 bridgehead atoms. The molecule has 2 rings (SSSR count). The molecule has 1 aromatic heterocycles.